The van der Waals surface area contributed by atoms with Crippen LogP contribution in [0.15, 0.2) is 0 Å². The maximum absolute atomic E-state index is 12.4. The normalized spacial score (nSPS) is 10.8. The lowest BCUT2D eigenvalue weighted by Gasteiger charge is -2.17. The highest BCUT2D eigenvalue weighted by atomic mass is 16.5. The van der Waals surface area contributed by atoms with Crippen molar-refractivity contribution in [1.29, 1.82) is 0 Å². The maximum Gasteiger partial charge on any atom is 0.340 e. The van der Waals surface area contributed by atoms with Gasteiger partial charge in [-0.3, -0.25) is 4.98 Å². The van der Waals surface area contributed by atoms with Gasteiger partial charge in [0.15, 0.2) is 0 Å². The summed E-state index contributed by atoms with van der Waals surface area (Å²) < 4.78 is 10.4. The molecule has 5 nitrogen and oxygen atoms in total. The van der Waals surface area contributed by atoms with E-state index in [9.17, 15) is 9.59 Å². The van der Waals surface area contributed by atoms with Gasteiger partial charge >= 0.3 is 11.9 Å². The van der Waals surface area contributed by atoms with E-state index in [-0.39, 0.29) is 13.2 Å². The average Bonchev–Trinajstić information content (AvgIpc) is 2.46. The summed E-state index contributed by atoms with van der Waals surface area (Å²) in [5.74, 6) is -0.286. The summed E-state index contributed by atoms with van der Waals surface area (Å²) in [4.78, 5) is 29.2. The van der Waals surface area contributed by atoms with Crippen molar-refractivity contribution in [2.45, 2.75) is 60.8 Å². The van der Waals surface area contributed by atoms with Gasteiger partial charge in [0.25, 0.3) is 0 Å². The molecule has 0 unspecified atom stereocenters. The van der Waals surface area contributed by atoms with E-state index in [1.807, 2.05) is 0 Å². The van der Waals surface area contributed by atoms with Crippen molar-refractivity contribution in [3.05, 3.63) is 28.1 Å². The van der Waals surface area contributed by atoms with Gasteiger partial charge in [-0.2, -0.15) is 0 Å². The third-order valence-corrected chi connectivity index (χ3v) is 3.83. The lowest BCUT2D eigenvalue weighted by Crippen LogP contribution is -2.19. The minimum absolute atomic E-state index is 0.284. The van der Waals surface area contributed by atoms with Gasteiger partial charge in [0, 0.05) is 0 Å². The van der Waals surface area contributed by atoms with E-state index >= 15 is 0 Å². The molecule has 0 radical (unpaired) electrons. The van der Waals surface area contributed by atoms with E-state index in [4.69, 9.17) is 9.47 Å². The number of aromatic nitrogens is 1. The molecule has 0 N–H and O–H groups in total. The van der Waals surface area contributed by atoms with Gasteiger partial charge in [-0.15, -0.1) is 0 Å². The third-order valence-electron chi connectivity index (χ3n) is 3.83. The number of ether oxygens (including phenoxy) is 2. The summed E-state index contributed by atoms with van der Waals surface area (Å²) in [5.41, 5.74) is 2.72. The van der Waals surface area contributed by atoms with Gasteiger partial charge in [0.1, 0.15) is 0 Å². The van der Waals surface area contributed by atoms with Crippen molar-refractivity contribution >= 4 is 11.9 Å². The molecule has 0 aromatic carbocycles. The monoisotopic (exact) mass is 335 g/mol. The van der Waals surface area contributed by atoms with Crippen LogP contribution in [0.3, 0.4) is 0 Å². The van der Waals surface area contributed by atoms with E-state index in [1.165, 1.54) is 0 Å². The second-order valence-electron chi connectivity index (χ2n) is 6.24. The number of pyridine rings is 1. The van der Waals surface area contributed by atoms with Gasteiger partial charge < -0.3 is 9.47 Å². The van der Waals surface area contributed by atoms with Crippen LogP contribution in [-0.2, 0) is 15.9 Å². The molecule has 134 valence electrons. The summed E-state index contributed by atoms with van der Waals surface area (Å²) in [6.07, 6.45) is 2.54. The van der Waals surface area contributed by atoms with Crippen molar-refractivity contribution in [2.75, 3.05) is 13.2 Å². The fraction of sp³-hybridized carbons (Fsp3) is 0.632. The second-order valence-corrected chi connectivity index (χ2v) is 6.24. The van der Waals surface area contributed by atoms with Crippen LogP contribution in [0.1, 0.15) is 78.2 Å². The standard InChI is InChI=1S/C19H29NO4/c1-7-23-18(21)16-13(5)20-14(6)17(19(22)24-8-2)15(16)11-9-10-12(3)4/h12H,7-11H2,1-6H3. The molecule has 24 heavy (non-hydrogen) atoms. The van der Waals surface area contributed by atoms with E-state index in [0.717, 1.165) is 12.8 Å². The van der Waals surface area contributed by atoms with E-state index in [2.05, 4.69) is 18.8 Å². The summed E-state index contributed by atoms with van der Waals surface area (Å²) in [6.45, 7) is 12.0. The minimum Gasteiger partial charge on any atom is -0.462 e. The molecule has 0 atom stereocenters. The van der Waals surface area contributed by atoms with Gasteiger partial charge in [-0.05, 0) is 52.0 Å². The quantitative estimate of drug-likeness (QED) is 0.671. The topological polar surface area (TPSA) is 65.5 Å². The Kier molecular flexibility index (Phi) is 7.89. The number of carbonyl (C=O) groups excluding carboxylic acids is 2. The van der Waals surface area contributed by atoms with E-state index < -0.39 is 11.9 Å². The van der Waals surface area contributed by atoms with Crippen LogP contribution in [0, 0.1) is 19.8 Å². The molecular formula is C19H29NO4. The number of nitrogens with zero attached hydrogens (tertiary/aromatic N) is 1. The summed E-state index contributed by atoms with van der Waals surface area (Å²) in [6, 6.07) is 0. The fourth-order valence-corrected chi connectivity index (χ4v) is 2.81. The lowest BCUT2D eigenvalue weighted by molar-refractivity contribution is 0.0520. The first-order valence-electron chi connectivity index (χ1n) is 8.67. The molecule has 0 aliphatic carbocycles. The van der Waals surface area contributed by atoms with Crippen LogP contribution >= 0.6 is 0 Å². The third kappa shape index (κ3) is 5.05. The molecule has 0 spiro atoms. The van der Waals surface area contributed by atoms with Gasteiger partial charge in [-0.1, -0.05) is 20.3 Å². The van der Waals surface area contributed by atoms with Crippen LogP contribution in [0.5, 0.6) is 0 Å². The molecule has 1 aromatic rings. The van der Waals surface area contributed by atoms with Crippen molar-refractivity contribution in [3.8, 4) is 0 Å². The van der Waals surface area contributed by atoms with Gasteiger partial charge in [0.2, 0.25) is 0 Å². The number of carbonyl (C=O) groups is 2. The van der Waals surface area contributed by atoms with E-state index in [1.54, 1.807) is 27.7 Å². The van der Waals surface area contributed by atoms with Crippen LogP contribution < -0.4 is 0 Å². The van der Waals surface area contributed by atoms with Crippen molar-refractivity contribution in [3.63, 3.8) is 0 Å². The van der Waals surface area contributed by atoms with E-state index in [0.29, 0.717) is 40.4 Å². The molecule has 5 heteroatoms. The van der Waals surface area contributed by atoms with Gasteiger partial charge in [0.05, 0.1) is 35.7 Å². The Morgan fingerprint density at radius 1 is 0.958 bits per heavy atom. The van der Waals surface area contributed by atoms with Crippen molar-refractivity contribution < 1.29 is 19.1 Å². The Morgan fingerprint density at radius 2 is 1.42 bits per heavy atom. The molecule has 1 aromatic heterocycles. The zero-order chi connectivity index (χ0) is 18.3. The molecule has 0 aliphatic heterocycles. The SMILES string of the molecule is CCOC(=O)c1c(C)nc(C)c(C(=O)OCC)c1CCCC(C)C. The molecule has 0 saturated carbocycles. The first-order chi connectivity index (χ1) is 11.3. The Bertz CT molecular complexity index is 551. The smallest absolute Gasteiger partial charge is 0.340 e. The first-order valence-corrected chi connectivity index (χ1v) is 8.67. The lowest BCUT2D eigenvalue weighted by atomic mass is 9.93. The first kappa shape index (κ1) is 20.1. The molecule has 0 amide bonds. The zero-order valence-electron chi connectivity index (χ0n) is 15.7. The van der Waals surface area contributed by atoms with Crippen LogP contribution in [0.2, 0.25) is 0 Å². The average molecular weight is 335 g/mol. The van der Waals surface area contributed by atoms with Crippen molar-refractivity contribution in [2.24, 2.45) is 5.92 Å². The predicted octanol–water partition coefficient (Wildman–Crippen LogP) is 4.03. The molecule has 0 aliphatic rings. The summed E-state index contributed by atoms with van der Waals surface area (Å²) in [5, 5.41) is 0. The molecule has 0 saturated heterocycles. The van der Waals surface area contributed by atoms with Crippen LogP contribution in [0.25, 0.3) is 0 Å². The van der Waals surface area contributed by atoms with Crippen LogP contribution in [-0.4, -0.2) is 30.1 Å². The molecule has 1 heterocycles. The predicted molar refractivity (Wildman–Crippen MR) is 93.4 cm³/mol. The highest BCUT2D eigenvalue weighted by Gasteiger charge is 2.26. The molecular weight excluding hydrogens is 306 g/mol. The highest BCUT2D eigenvalue weighted by Crippen LogP contribution is 2.25. The maximum atomic E-state index is 12.4. The number of esters is 2. The van der Waals surface area contributed by atoms with Crippen LogP contribution in [0.4, 0.5) is 0 Å². The highest BCUT2D eigenvalue weighted by molar-refractivity contribution is 5.99. The number of rotatable bonds is 8. The number of aryl methyl sites for hydroxylation is 2. The largest absolute Gasteiger partial charge is 0.462 e. The number of hydrogen-bond donors (Lipinski definition) is 0. The summed E-state index contributed by atoms with van der Waals surface area (Å²) >= 11 is 0. The Hall–Kier alpha value is -1.91. The molecule has 0 bridgehead atoms. The fourth-order valence-electron chi connectivity index (χ4n) is 2.81. The molecule has 0 fully saturated rings. The van der Waals surface area contributed by atoms with Crippen molar-refractivity contribution in [1.82, 2.24) is 4.98 Å². The number of hydrogen-bond acceptors (Lipinski definition) is 5. The molecule has 1 rings (SSSR count). The Labute approximate surface area is 144 Å². The zero-order valence-corrected chi connectivity index (χ0v) is 15.7. The summed E-state index contributed by atoms with van der Waals surface area (Å²) in [7, 11) is 0. The Balaban J connectivity index is 3.41. The van der Waals surface area contributed by atoms with Gasteiger partial charge in [-0.25, -0.2) is 9.59 Å². The second kappa shape index (κ2) is 9.40. The minimum atomic E-state index is -0.424. The Morgan fingerprint density at radius 3 is 1.79 bits per heavy atom.